The lowest BCUT2D eigenvalue weighted by molar-refractivity contribution is -0.142. The van der Waals surface area contributed by atoms with Crippen LogP contribution in [0, 0.1) is 0 Å². The van der Waals surface area contributed by atoms with E-state index in [1.807, 2.05) is 0 Å². The van der Waals surface area contributed by atoms with Crippen LogP contribution < -0.4 is 5.32 Å². The minimum atomic E-state index is -0.573. The molecule has 142 valence electrons. The van der Waals surface area contributed by atoms with Crippen LogP contribution in [0.5, 0.6) is 0 Å². The molecule has 1 aliphatic heterocycles. The van der Waals surface area contributed by atoms with Crippen molar-refractivity contribution >= 4 is 17.7 Å². The summed E-state index contributed by atoms with van der Waals surface area (Å²) in [4.78, 5) is 34.7. The van der Waals surface area contributed by atoms with Crippen LogP contribution in [0.25, 0.3) is 0 Å². The van der Waals surface area contributed by atoms with E-state index in [2.05, 4.69) is 24.4 Å². The molecule has 0 radical (unpaired) electrons. The predicted octanol–water partition coefficient (Wildman–Crippen LogP) is 3.85. The molecule has 0 aromatic carbocycles. The van der Waals surface area contributed by atoms with Gasteiger partial charge in [-0.05, 0) is 25.7 Å². The predicted molar refractivity (Wildman–Crippen MR) is 98.1 cm³/mol. The lowest BCUT2D eigenvalue weighted by Crippen LogP contribution is -2.38. The average molecular weight is 351 g/mol. The summed E-state index contributed by atoms with van der Waals surface area (Å²) in [5.74, 6) is -0.826. The summed E-state index contributed by atoms with van der Waals surface area (Å²) in [6.07, 6.45) is 15.6. The standard InChI is InChI=1S/C20H33NO4/c1-2-3-4-5-6-7-8-9-10-11-12-13-17(22)16-19(23)21-18-14-15-25-20(18)24/h5-6,18H,2-4,7-16H2,1H3,(H,21,23)/b6-5+/t18-/m0/s1. The third-order valence-electron chi connectivity index (χ3n) is 4.35. The smallest absolute Gasteiger partial charge is 0.328 e. The first-order valence-electron chi connectivity index (χ1n) is 9.76. The van der Waals surface area contributed by atoms with Gasteiger partial charge in [0.2, 0.25) is 5.91 Å². The van der Waals surface area contributed by atoms with Gasteiger partial charge in [-0.25, -0.2) is 4.79 Å². The molecule has 1 aliphatic rings. The highest BCUT2D eigenvalue weighted by atomic mass is 16.5. The summed E-state index contributed by atoms with van der Waals surface area (Å²) in [6.45, 7) is 2.54. The van der Waals surface area contributed by atoms with Crippen molar-refractivity contribution in [2.45, 2.75) is 90.0 Å². The number of cyclic esters (lactones) is 1. The highest BCUT2D eigenvalue weighted by molar-refractivity contribution is 5.99. The number of carbonyl (C=O) groups excluding carboxylic acids is 3. The maximum Gasteiger partial charge on any atom is 0.328 e. The summed E-state index contributed by atoms with van der Waals surface area (Å²) in [7, 11) is 0. The number of ketones is 1. The summed E-state index contributed by atoms with van der Waals surface area (Å²) in [6, 6.07) is -0.573. The zero-order valence-electron chi connectivity index (χ0n) is 15.6. The molecule has 0 spiro atoms. The number of esters is 1. The van der Waals surface area contributed by atoms with E-state index < -0.39 is 12.0 Å². The minimum absolute atomic E-state index is 0.0530. The van der Waals surface area contributed by atoms with Crippen LogP contribution in [0.4, 0.5) is 0 Å². The zero-order chi connectivity index (χ0) is 18.3. The molecular formula is C20H33NO4. The van der Waals surface area contributed by atoms with Crippen molar-refractivity contribution in [2.24, 2.45) is 0 Å². The van der Waals surface area contributed by atoms with Gasteiger partial charge < -0.3 is 10.1 Å². The molecule has 1 N–H and O–H groups in total. The maximum absolute atomic E-state index is 11.8. The van der Waals surface area contributed by atoms with Gasteiger partial charge >= 0.3 is 5.97 Å². The van der Waals surface area contributed by atoms with E-state index in [-0.39, 0.29) is 18.1 Å². The van der Waals surface area contributed by atoms with Crippen LogP contribution in [-0.4, -0.2) is 30.3 Å². The Labute approximate surface area is 151 Å². The lowest BCUT2D eigenvalue weighted by Gasteiger charge is -2.08. The van der Waals surface area contributed by atoms with Crippen molar-refractivity contribution in [1.82, 2.24) is 5.32 Å². The van der Waals surface area contributed by atoms with Crippen LogP contribution in [-0.2, 0) is 19.1 Å². The van der Waals surface area contributed by atoms with Crippen LogP contribution >= 0.6 is 0 Å². The fraction of sp³-hybridized carbons (Fsp3) is 0.750. The van der Waals surface area contributed by atoms with E-state index in [0.29, 0.717) is 19.4 Å². The van der Waals surface area contributed by atoms with Gasteiger partial charge in [-0.1, -0.05) is 51.2 Å². The molecule has 1 saturated heterocycles. The van der Waals surface area contributed by atoms with Gasteiger partial charge in [0.15, 0.2) is 0 Å². The van der Waals surface area contributed by atoms with Crippen molar-refractivity contribution in [2.75, 3.05) is 6.61 Å². The number of carbonyl (C=O) groups is 3. The first-order valence-corrected chi connectivity index (χ1v) is 9.76. The van der Waals surface area contributed by atoms with Crippen LogP contribution in [0.1, 0.15) is 84.0 Å². The fourth-order valence-corrected chi connectivity index (χ4v) is 2.81. The van der Waals surface area contributed by atoms with Crippen molar-refractivity contribution < 1.29 is 19.1 Å². The van der Waals surface area contributed by atoms with Gasteiger partial charge in [0.05, 0.1) is 13.0 Å². The number of nitrogens with one attached hydrogen (secondary N) is 1. The van der Waals surface area contributed by atoms with Gasteiger partial charge in [-0.3, -0.25) is 9.59 Å². The van der Waals surface area contributed by atoms with E-state index >= 15 is 0 Å². The Morgan fingerprint density at radius 3 is 2.44 bits per heavy atom. The van der Waals surface area contributed by atoms with E-state index in [9.17, 15) is 14.4 Å². The third-order valence-corrected chi connectivity index (χ3v) is 4.35. The third kappa shape index (κ3) is 10.7. The van der Waals surface area contributed by atoms with Gasteiger partial charge in [0.1, 0.15) is 11.8 Å². The molecule has 0 aromatic heterocycles. The topological polar surface area (TPSA) is 72.5 Å². The molecule has 1 rings (SSSR count). The average Bonchev–Trinajstić information content (AvgIpc) is 2.97. The highest BCUT2D eigenvalue weighted by Gasteiger charge is 2.28. The number of allylic oxidation sites excluding steroid dienone is 2. The van der Waals surface area contributed by atoms with E-state index in [4.69, 9.17) is 4.74 Å². The molecule has 1 amide bonds. The molecule has 1 fully saturated rings. The second kappa shape index (κ2) is 13.6. The Balaban J connectivity index is 1.93. The minimum Gasteiger partial charge on any atom is -0.464 e. The van der Waals surface area contributed by atoms with Crippen molar-refractivity contribution in [3.8, 4) is 0 Å². The Kier molecular flexibility index (Phi) is 11.7. The molecule has 0 bridgehead atoms. The summed E-state index contributed by atoms with van der Waals surface area (Å²) >= 11 is 0. The van der Waals surface area contributed by atoms with Crippen LogP contribution in [0.15, 0.2) is 12.2 Å². The van der Waals surface area contributed by atoms with E-state index in [1.165, 1.54) is 32.1 Å². The van der Waals surface area contributed by atoms with Crippen molar-refractivity contribution in [1.29, 1.82) is 0 Å². The lowest BCUT2D eigenvalue weighted by atomic mass is 10.1. The van der Waals surface area contributed by atoms with Crippen molar-refractivity contribution in [3.63, 3.8) is 0 Å². The molecule has 25 heavy (non-hydrogen) atoms. The molecule has 0 unspecified atom stereocenters. The van der Waals surface area contributed by atoms with Gasteiger partial charge in [-0.15, -0.1) is 0 Å². The number of unbranched alkanes of at least 4 members (excludes halogenated alkanes) is 7. The largest absolute Gasteiger partial charge is 0.464 e. The number of hydrogen-bond donors (Lipinski definition) is 1. The number of Topliss-reactive ketones (excluding diaryl/α,β-unsaturated/α-hetero) is 1. The second-order valence-electron chi connectivity index (χ2n) is 6.71. The molecule has 1 atom stereocenters. The number of rotatable bonds is 14. The first-order chi connectivity index (χ1) is 12.1. The summed E-state index contributed by atoms with van der Waals surface area (Å²) < 4.78 is 4.77. The highest BCUT2D eigenvalue weighted by Crippen LogP contribution is 2.10. The monoisotopic (exact) mass is 351 g/mol. The summed E-state index contributed by atoms with van der Waals surface area (Å²) in [5, 5.41) is 2.56. The summed E-state index contributed by atoms with van der Waals surface area (Å²) in [5.41, 5.74) is 0. The number of ether oxygens (including phenoxy) is 1. The molecule has 0 aromatic rings. The van der Waals surface area contributed by atoms with E-state index in [1.54, 1.807) is 0 Å². The Morgan fingerprint density at radius 2 is 1.76 bits per heavy atom. The SMILES string of the molecule is CCCC/C=C/CCCCCCCC(=O)CC(=O)N[C@H]1CCOC1=O. The van der Waals surface area contributed by atoms with Crippen LogP contribution in [0.2, 0.25) is 0 Å². The Hall–Kier alpha value is -1.65. The number of hydrogen-bond acceptors (Lipinski definition) is 4. The second-order valence-corrected chi connectivity index (χ2v) is 6.71. The fourth-order valence-electron chi connectivity index (χ4n) is 2.81. The normalized spacial score (nSPS) is 17.0. The molecule has 1 heterocycles. The first kappa shape index (κ1) is 21.4. The maximum atomic E-state index is 11.8. The van der Waals surface area contributed by atoms with Crippen molar-refractivity contribution in [3.05, 3.63) is 12.2 Å². The van der Waals surface area contributed by atoms with Gasteiger partial charge in [0.25, 0.3) is 0 Å². The molecule has 0 saturated carbocycles. The molecule has 0 aliphatic carbocycles. The molecule has 5 nitrogen and oxygen atoms in total. The molecular weight excluding hydrogens is 318 g/mol. The number of amides is 1. The van der Waals surface area contributed by atoms with Crippen LogP contribution in [0.3, 0.4) is 0 Å². The van der Waals surface area contributed by atoms with Gasteiger partial charge in [-0.2, -0.15) is 0 Å². The van der Waals surface area contributed by atoms with E-state index in [0.717, 1.165) is 25.7 Å². The van der Waals surface area contributed by atoms with Gasteiger partial charge in [0, 0.05) is 12.8 Å². The molecule has 5 heteroatoms. The quantitative estimate of drug-likeness (QED) is 0.223. The Bertz CT molecular complexity index is 445. The zero-order valence-corrected chi connectivity index (χ0v) is 15.6. The Morgan fingerprint density at radius 1 is 1.08 bits per heavy atom.